The van der Waals surface area contributed by atoms with Gasteiger partial charge in [-0.05, 0) is 6.07 Å². The molecule has 0 aromatic carbocycles. The van der Waals surface area contributed by atoms with Crippen LogP contribution in [-0.4, -0.2) is 49.1 Å². The van der Waals surface area contributed by atoms with Crippen LogP contribution < -0.4 is 10.2 Å². The van der Waals surface area contributed by atoms with Crippen LogP contribution in [-0.2, 0) is 14.3 Å². The molecule has 1 amide bonds. The maximum atomic E-state index is 11.4. The molecule has 0 fully saturated rings. The molecule has 0 aliphatic carbocycles. The van der Waals surface area contributed by atoms with Gasteiger partial charge >= 0.3 is 5.97 Å². The summed E-state index contributed by atoms with van der Waals surface area (Å²) in [5.41, 5.74) is 0. The lowest BCUT2D eigenvalue weighted by molar-refractivity contribution is -0.141. The van der Waals surface area contributed by atoms with Crippen molar-refractivity contribution in [3.63, 3.8) is 0 Å². The van der Waals surface area contributed by atoms with Gasteiger partial charge in [0.2, 0.25) is 11.9 Å². The van der Waals surface area contributed by atoms with Crippen molar-refractivity contribution in [3.05, 3.63) is 18.5 Å². The topological polar surface area (TPSA) is 84.4 Å². The summed E-state index contributed by atoms with van der Waals surface area (Å²) in [5, 5.41) is 2.42. The third-order valence-electron chi connectivity index (χ3n) is 1.93. The number of methoxy groups -OCH3 is 1. The lowest BCUT2D eigenvalue weighted by Gasteiger charge is -2.15. The maximum absolute atomic E-state index is 11.4. The monoisotopic (exact) mass is 238 g/mol. The lowest BCUT2D eigenvalue weighted by atomic mass is 10.5. The first-order valence-electron chi connectivity index (χ1n) is 4.95. The first-order chi connectivity index (χ1) is 8.13. The molecule has 1 rings (SSSR count). The number of hydrogen-bond donors (Lipinski definition) is 1. The van der Waals surface area contributed by atoms with Gasteiger partial charge in [0, 0.05) is 19.4 Å². The molecule has 0 aliphatic rings. The van der Waals surface area contributed by atoms with Gasteiger partial charge in [0.25, 0.3) is 0 Å². The molecule has 0 saturated carbocycles. The number of likely N-dealkylation sites (N-methyl/N-ethyl adjacent to an activating group) is 1. The van der Waals surface area contributed by atoms with E-state index >= 15 is 0 Å². The smallest absolute Gasteiger partial charge is 0.325 e. The van der Waals surface area contributed by atoms with E-state index in [0.29, 0.717) is 5.95 Å². The summed E-state index contributed by atoms with van der Waals surface area (Å²) < 4.78 is 4.40. The number of rotatable bonds is 5. The van der Waals surface area contributed by atoms with Crippen LogP contribution in [0.15, 0.2) is 18.5 Å². The molecular formula is C10H14N4O3. The second kappa shape index (κ2) is 6.41. The van der Waals surface area contributed by atoms with Gasteiger partial charge in [-0.3, -0.25) is 9.59 Å². The Morgan fingerprint density at radius 1 is 1.41 bits per heavy atom. The molecule has 1 aromatic heterocycles. The van der Waals surface area contributed by atoms with Crippen molar-refractivity contribution in [1.82, 2.24) is 15.3 Å². The highest BCUT2D eigenvalue weighted by Gasteiger charge is 2.10. The fourth-order valence-corrected chi connectivity index (χ4v) is 1.07. The average molecular weight is 238 g/mol. The van der Waals surface area contributed by atoms with Crippen LogP contribution in [0, 0.1) is 0 Å². The van der Waals surface area contributed by atoms with E-state index in [4.69, 9.17) is 0 Å². The molecular weight excluding hydrogens is 224 g/mol. The fourth-order valence-electron chi connectivity index (χ4n) is 1.07. The summed E-state index contributed by atoms with van der Waals surface area (Å²) in [7, 11) is 2.95. The number of amides is 1. The van der Waals surface area contributed by atoms with Gasteiger partial charge in [-0.2, -0.15) is 0 Å². The maximum Gasteiger partial charge on any atom is 0.325 e. The Morgan fingerprint density at radius 3 is 2.65 bits per heavy atom. The Kier molecular flexibility index (Phi) is 4.86. The fraction of sp³-hybridized carbons (Fsp3) is 0.400. The van der Waals surface area contributed by atoms with Gasteiger partial charge in [-0.15, -0.1) is 0 Å². The van der Waals surface area contributed by atoms with Crippen LogP contribution in [0.3, 0.4) is 0 Å². The van der Waals surface area contributed by atoms with Gasteiger partial charge in [-0.25, -0.2) is 9.97 Å². The van der Waals surface area contributed by atoms with Gasteiger partial charge in [0.1, 0.15) is 6.54 Å². The van der Waals surface area contributed by atoms with Crippen molar-refractivity contribution in [2.45, 2.75) is 0 Å². The number of nitrogens with zero attached hydrogens (tertiary/aromatic N) is 3. The average Bonchev–Trinajstić information content (AvgIpc) is 2.36. The second-order valence-electron chi connectivity index (χ2n) is 3.26. The van der Waals surface area contributed by atoms with E-state index < -0.39 is 5.97 Å². The third-order valence-corrected chi connectivity index (χ3v) is 1.93. The van der Waals surface area contributed by atoms with Crippen molar-refractivity contribution in [3.8, 4) is 0 Å². The van der Waals surface area contributed by atoms with Crippen LogP contribution in [0.5, 0.6) is 0 Å². The van der Waals surface area contributed by atoms with Gasteiger partial charge < -0.3 is 15.0 Å². The molecule has 0 spiro atoms. The van der Waals surface area contributed by atoms with E-state index in [0.717, 1.165) is 0 Å². The molecule has 92 valence electrons. The van der Waals surface area contributed by atoms with Gasteiger partial charge in [-0.1, -0.05) is 0 Å². The Morgan fingerprint density at radius 2 is 2.06 bits per heavy atom. The Balaban J connectivity index is 2.39. The van der Waals surface area contributed by atoms with Crippen molar-refractivity contribution >= 4 is 17.8 Å². The molecule has 0 aliphatic heterocycles. The predicted molar refractivity (Wildman–Crippen MR) is 60.3 cm³/mol. The number of hydrogen-bond acceptors (Lipinski definition) is 6. The summed E-state index contributed by atoms with van der Waals surface area (Å²) in [6.45, 7) is -0.0696. The van der Waals surface area contributed by atoms with Crippen LogP contribution in [0.4, 0.5) is 5.95 Å². The zero-order valence-electron chi connectivity index (χ0n) is 9.71. The first kappa shape index (κ1) is 12.9. The lowest BCUT2D eigenvalue weighted by Crippen LogP contribution is -2.38. The molecule has 1 heterocycles. The first-order valence-corrected chi connectivity index (χ1v) is 4.95. The van der Waals surface area contributed by atoms with E-state index in [-0.39, 0.29) is 19.0 Å². The summed E-state index contributed by atoms with van der Waals surface area (Å²) in [5.74, 6) is -0.344. The van der Waals surface area contributed by atoms with Gasteiger partial charge in [0.15, 0.2) is 0 Å². The van der Waals surface area contributed by atoms with E-state index in [1.807, 2.05) is 0 Å². The van der Waals surface area contributed by atoms with E-state index in [1.54, 1.807) is 30.4 Å². The number of carbonyl (C=O) groups is 2. The molecule has 0 radical (unpaired) electrons. The zero-order chi connectivity index (χ0) is 12.7. The largest absolute Gasteiger partial charge is 0.468 e. The van der Waals surface area contributed by atoms with Crippen molar-refractivity contribution < 1.29 is 14.3 Å². The molecule has 0 bridgehead atoms. The predicted octanol–water partition coefficient (Wildman–Crippen LogP) is -0.798. The SMILES string of the molecule is COC(=O)CNC(=O)CN(C)c1ncccn1. The standard InChI is InChI=1S/C10H14N4O3/c1-14(10-11-4-3-5-12-10)7-8(15)13-6-9(16)17-2/h3-5H,6-7H2,1-2H3,(H,13,15). The minimum Gasteiger partial charge on any atom is -0.468 e. The van der Waals surface area contributed by atoms with Crippen LogP contribution >= 0.6 is 0 Å². The number of ether oxygens (including phenoxy) is 1. The van der Waals surface area contributed by atoms with Crippen molar-refractivity contribution in [1.29, 1.82) is 0 Å². The number of esters is 1. The Bertz CT molecular complexity index is 382. The minimum absolute atomic E-state index is 0.0704. The molecule has 7 heteroatoms. The summed E-state index contributed by atoms with van der Waals surface area (Å²) >= 11 is 0. The van der Waals surface area contributed by atoms with Crippen LogP contribution in [0.2, 0.25) is 0 Å². The highest BCUT2D eigenvalue weighted by atomic mass is 16.5. The molecule has 0 unspecified atom stereocenters. The molecule has 7 nitrogen and oxygen atoms in total. The van der Waals surface area contributed by atoms with Gasteiger partial charge in [0.05, 0.1) is 13.7 Å². The molecule has 1 N–H and O–H groups in total. The highest BCUT2D eigenvalue weighted by Crippen LogP contribution is 2.00. The Labute approximate surface area is 98.8 Å². The quantitative estimate of drug-likeness (QED) is 0.676. The summed E-state index contributed by atoms with van der Waals surface area (Å²) in [6.07, 6.45) is 3.18. The highest BCUT2D eigenvalue weighted by molar-refractivity contribution is 5.84. The number of nitrogens with one attached hydrogen (secondary N) is 1. The van der Waals surface area contributed by atoms with Crippen LogP contribution in [0.1, 0.15) is 0 Å². The molecule has 0 saturated heterocycles. The van der Waals surface area contributed by atoms with Crippen molar-refractivity contribution in [2.24, 2.45) is 0 Å². The molecule has 17 heavy (non-hydrogen) atoms. The number of anilines is 1. The summed E-state index contributed by atoms with van der Waals surface area (Å²) in [6, 6.07) is 1.69. The summed E-state index contributed by atoms with van der Waals surface area (Å²) in [4.78, 5) is 31.8. The zero-order valence-corrected chi connectivity index (χ0v) is 9.71. The Hall–Kier alpha value is -2.18. The number of aromatic nitrogens is 2. The van der Waals surface area contributed by atoms with E-state index in [1.165, 1.54) is 7.11 Å². The second-order valence-corrected chi connectivity index (χ2v) is 3.26. The normalized spacial score (nSPS) is 9.53. The van der Waals surface area contributed by atoms with Crippen LogP contribution in [0.25, 0.3) is 0 Å². The third kappa shape index (κ3) is 4.45. The minimum atomic E-state index is -0.489. The van der Waals surface area contributed by atoms with E-state index in [9.17, 15) is 9.59 Å². The van der Waals surface area contributed by atoms with E-state index in [2.05, 4.69) is 20.0 Å². The van der Waals surface area contributed by atoms with Crippen molar-refractivity contribution in [2.75, 3.05) is 32.1 Å². The number of carbonyl (C=O) groups excluding carboxylic acids is 2. The molecule has 0 atom stereocenters. The molecule has 1 aromatic rings.